The average molecular weight is 298 g/mol. The molecule has 126 valence electrons. The number of rotatable bonds is 16. The molecule has 0 aromatic rings. The molecule has 0 spiro atoms. The van der Waals surface area contributed by atoms with Crippen LogP contribution in [0, 0.1) is 5.92 Å². The van der Waals surface area contributed by atoms with Crippen LogP contribution in [-0.2, 0) is 4.79 Å². The lowest BCUT2D eigenvalue weighted by Gasteiger charge is -2.10. The smallest absolute Gasteiger partial charge is 0.0414 e. The van der Waals surface area contributed by atoms with Crippen molar-refractivity contribution >= 4 is 5.97 Å². The normalized spacial score (nSPS) is 12.5. The Bertz CT molecular complexity index is 226. The quantitative estimate of drug-likeness (QED) is 0.365. The molecular formula is C19H37O2-. The summed E-state index contributed by atoms with van der Waals surface area (Å²) in [5, 5.41) is 10.2. The third kappa shape index (κ3) is 17.4. The number of carbonyl (C=O) groups excluding carboxylic acids is 1. The lowest BCUT2D eigenvalue weighted by molar-refractivity contribution is -0.305. The minimum atomic E-state index is -0.904. The van der Waals surface area contributed by atoms with Crippen LogP contribution < -0.4 is 5.11 Å². The fraction of sp³-hybridized carbons (Fsp3) is 0.947. The predicted molar refractivity (Wildman–Crippen MR) is 89.1 cm³/mol. The Labute approximate surface area is 132 Å². The van der Waals surface area contributed by atoms with Gasteiger partial charge in [0.15, 0.2) is 0 Å². The van der Waals surface area contributed by atoms with Gasteiger partial charge in [-0.2, -0.15) is 0 Å². The zero-order valence-corrected chi connectivity index (χ0v) is 14.5. The van der Waals surface area contributed by atoms with E-state index in [1.54, 1.807) is 0 Å². The second-order valence-corrected chi connectivity index (χ2v) is 6.69. The molecular weight excluding hydrogens is 260 g/mol. The maximum atomic E-state index is 10.2. The SMILES string of the molecule is CCCCCCC(C)CCCCCCCCCCC(=O)[O-]. The Morgan fingerprint density at radius 1 is 0.762 bits per heavy atom. The number of carboxylic acid groups (broad SMARTS) is 1. The second-order valence-electron chi connectivity index (χ2n) is 6.69. The fourth-order valence-corrected chi connectivity index (χ4v) is 2.89. The van der Waals surface area contributed by atoms with Crippen LogP contribution in [0.5, 0.6) is 0 Å². The van der Waals surface area contributed by atoms with Gasteiger partial charge in [-0.1, -0.05) is 97.3 Å². The number of carboxylic acids is 1. The highest BCUT2D eigenvalue weighted by Gasteiger charge is 2.01. The summed E-state index contributed by atoms with van der Waals surface area (Å²) in [4.78, 5) is 10.2. The van der Waals surface area contributed by atoms with Crippen molar-refractivity contribution in [3.63, 3.8) is 0 Å². The molecule has 0 aliphatic carbocycles. The van der Waals surface area contributed by atoms with Crippen LogP contribution in [0.1, 0.15) is 110 Å². The first-order chi connectivity index (χ1) is 10.2. The first-order valence-electron chi connectivity index (χ1n) is 9.36. The van der Waals surface area contributed by atoms with E-state index in [0.29, 0.717) is 0 Å². The van der Waals surface area contributed by atoms with Crippen molar-refractivity contribution in [1.82, 2.24) is 0 Å². The van der Waals surface area contributed by atoms with E-state index in [1.165, 1.54) is 77.0 Å². The summed E-state index contributed by atoms with van der Waals surface area (Å²) < 4.78 is 0. The molecule has 21 heavy (non-hydrogen) atoms. The number of unbranched alkanes of at least 4 members (excludes halogenated alkanes) is 10. The van der Waals surface area contributed by atoms with Crippen molar-refractivity contribution in [2.24, 2.45) is 5.92 Å². The Morgan fingerprint density at radius 2 is 1.19 bits per heavy atom. The van der Waals surface area contributed by atoms with E-state index in [-0.39, 0.29) is 6.42 Å². The molecule has 0 saturated heterocycles. The second kappa shape index (κ2) is 15.9. The number of aliphatic carboxylic acids is 1. The Balaban J connectivity index is 3.12. The maximum absolute atomic E-state index is 10.2. The van der Waals surface area contributed by atoms with Crippen molar-refractivity contribution in [2.45, 2.75) is 110 Å². The minimum absolute atomic E-state index is 0.232. The Kier molecular flexibility index (Phi) is 15.5. The van der Waals surface area contributed by atoms with Crippen molar-refractivity contribution in [2.75, 3.05) is 0 Å². The molecule has 0 radical (unpaired) electrons. The molecule has 0 aromatic carbocycles. The number of hydrogen-bond donors (Lipinski definition) is 0. The molecule has 2 nitrogen and oxygen atoms in total. The van der Waals surface area contributed by atoms with Crippen LogP contribution in [0.25, 0.3) is 0 Å². The molecule has 0 rings (SSSR count). The highest BCUT2D eigenvalue weighted by molar-refractivity contribution is 5.63. The van der Waals surface area contributed by atoms with Crippen LogP contribution in [0.4, 0.5) is 0 Å². The lowest BCUT2D eigenvalue weighted by Crippen LogP contribution is -2.21. The van der Waals surface area contributed by atoms with E-state index in [1.807, 2.05) is 0 Å². The van der Waals surface area contributed by atoms with E-state index < -0.39 is 5.97 Å². The molecule has 0 aliphatic rings. The third-order valence-electron chi connectivity index (χ3n) is 4.38. The monoisotopic (exact) mass is 297 g/mol. The van der Waals surface area contributed by atoms with Gasteiger partial charge in [0.1, 0.15) is 0 Å². The first-order valence-corrected chi connectivity index (χ1v) is 9.36. The Hall–Kier alpha value is -0.530. The van der Waals surface area contributed by atoms with Gasteiger partial charge < -0.3 is 9.90 Å². The van der Waals surface area contributed by atoms with Gasteiger partial charge in [0.05, 0.1) is 0 Å². The van der Waals surface area contributed by atoms with Crippen molar-refractivity contribution < 1.29 is 9.90 Å². The van der Waals surface area contributed by atoms with Gasteiger partial charge in [-0.3, -0.25) is 0 Å². The van der Waals surface area contributed by atoms with Gasteiger partial charge in [-0.15, -0.1) is 0 Å². The van der Waals surface area contributed by atoms with Crippen LogP contribution >= 0.6 is 0 Å². The highest BCUT2D eigenvalue weighted by atomic mass is 16.4. The van der Waals surface area contributed by atoms with Gasteiger partial charge in [0, 0.05) is 5.97 Å². The lowest BCUT2D eigenvalue weighted by atomic mass is 9.96. The largest absolute Gasteiger partial charge is 0.550 e. The summed E-state index contributed by atoms with van der Waals surface area (Å²) in [6.07, 6.45) is 18.3. The molecule has 1 atom stereocenters. The van der Waals surface area contributed by atoms with E-state index in [2.05, 4.69) is 13.8 Å². The van der Waals surface area contributed by atoms with Crippen LogP contribution in [0.3, 0.4) is 0 Å². The van der Waals surface area contributed by atoms with Gasteiger partial charge in [0.2, 0.25) is 0 Å². The van der Waals surface area contributed by atoms with E-state index >= 15 is 0 Å². The van der Waals surface area contributed by atoms with E-state index in [9.17, 15) is 9.90 Å². The average Bonchev–Trinajstić information content (AvgIpc) is 2.45. The van der Waals surface area contributed by atoms with E-state index in [0.717, 1.165) is 18.8 Å². The van der Waals surface area contributed by atoms with Gasteiger partial charge in [0.25, 0.3) is 0 Å². The van der Waals surface area contributed by atoms with Crippen LogP contribution in [-0.4, -0.2) is 5.97 Å². The molecule has 0 N–H and O–H groups in total. The zero-order valence-electron chi connectivity index (χ0n) is 14.5. The predicted octanol–water partition coefficient (Wildman–Crippen LogP) is 5.24. The molecule has 0 aliphatic heterocycles. The maximum Gasteiger partial charge on any atom is 0.0414 e. The van der Waals surface area contributed by atoms with Gasteiger partial charge in [-0.05, 0) is 18.8 Å². The first kappa shape index (κ1) is 20.5. The highest BCUT2D eigenvalue weighted by Crippen LogP contribution is 2.18. The standard InChI is InChI=1S/C19H38O2/c1-3-4-5-12-15-18(2)16-13-10-8-6-7-9-11-14-17-19(20)21/h18H,3-17H2,1-2H3,(H,20,21)/p-1. The number of hydrogen-bond acceptors (Lipinski definition) is 2. The summed E-state index contributed by atoms with van der Waals surface area (Å²) in [7, 11) is 0. The zero-order chi connectivity index (χ0) is 15.8. The summed E-state index contributed by atoms with van der Waals surface area (Å²) >= 11 is 0. The molecule has 1 unspecified atom stereocenters. The molecule has 0 aromatic heterocycles. The van der Waals surface area contributed by atoms with Crippen molar-refractivity contribution in [3.8, 4) is 0 Å². The minimum Gasteiger partial charge on any atom is -0.550 e. The fourth-order valence-electron chi connectivity index (χ4n) is 2.89. The van der Waals surface area contributed by atoms with Gasteiger partial charge >= 0.3 is 0 Å². The topological polar surface area (TPSA) is 40.1 Å². The molecule has 0 saturated carbocycles. The Morgan fingerprint density at radius 3 is 1.67 bits per heavy atom. The van der Waals surface area contributed by atoms with Crippen molar-refractivity contribution in [3.05, 3.63) is 0 Å². The summed E-state index contributed by atoms with van der Waals surface area (Å²) in [5.41, 5.74) is 0. The third-order valence-corrected chi connectivity index (χ3v) is 4.38. The molecule has 2 heteroatoms. The van der Waals surface area contributed by atoms with E-state index in [4.69, 9.17) is 0 Å². The van der Waals surface area contributed by atoms with Crippen molar-refractivity contribution in [1.29, 1.82) is 0 Å². The molecule has 0 heterocycles. The van der Waals surface area contributed by atoms with Gasteiger partial charge in [-0.25, -0.2) is 0 Å². The van der Waals surface area contributed by atoms with Crippen LogP contribution in [0.2, 0.25) is 0 Å². The molecule has 0 fully saturated rings. The number of carbonyl (C=O) groups is 1. The summed E-state index contributed by atoms with van der Waals surface area (Å²) in [5.74, 6) is 0.00491. The van der Waals surface area contributed by atoms with Crippen LogP contribution in [0.15, 0.2) is 0 Å². The summed E-state index contributed by atoms with van der Waals surface area (Å²) in [6, 6.07) is 0. The summed E-state index contributed by atoms with van der Waals surface area (Å²) in [6.45, 7) is 4.68. The molecule has 0 bridgehead atoms. The molecule has 0 amide bonds.